The third-order valence-corrected chi connectivity index (χ3v) is 3.61. The summed E-state index contributed by atoms with van der Waals surface area (Å²) in [5.74, 6) is 1.36. The Morgan fingerprint density at radius 2 is 1.95 bits per heavy atom. The van der Waals surface area contributed by atoms with Crippen LogP contribution in [0.1, 0.15) is 11.1 Å². The van der Waals surface area contributed by atoms with E-state index in [4.69, 9.17) is 9.47 Å². The van der Waals surface area contributed by atoms with Gasteiger partial charge < -0.3 is 14.8 Å². The van der Waals surface area contributed by atoms with Crippen LogP contribution < -0.4 is 14.8 Å². The molecule has 1 aromatic carbocycles. The number of hydrogen-bond donors (Lipinski definition) is 1. The fourth-order valence-corrected chi connectivity index (χ4v) is 2.50. The Labute approximate surface area is 122 Å². The van der Waals surface area contributed by atoms with E-state index in [1.807, 2.05) is 35.0 Å². The van der Waals surface area contributed by atoms with Crippen LogP contribution in [0.4, 0.5) is 0 Å². The number of methoxy groups -OCH3 is 2. The van der Waals surface area contributed by atoms with Crippen LogP contribution in [-0.2, 0) is 17.8 Å². The van der Waals surface area contributed by atoms with Crippen LogP contribution in [0.5, 0.6) is 11.5 Å². The number of hydrogen-bond acceptors (Lipinski definition) is 4. The fourth-order valence-electron chi connectivity index (χ4n) is 1.83. The van der Waals surface area contributed by atoms with Crippen molar-refractivity contribution in [3.63, 3.8) is 0 Å². The molecular formula is C15H17NO3S. The summed E-state index contributed by atoms with van der Waals surface area (Å²) >= 11 is 1.59. The van der Waals surface area contributed by atoms with Crippen molar-refractivity contribution in [1.82, 2.24) is 5.32 Å². The van der Waals surface area contributed by atoms with Crippen LogP contribution in [0.3, 0.4) is 0 Å². The number of thiophene rings is 1. The third-order valence-electron chi connectivity index (χ3n) is 2.88. The van der Waals surface area contributed by atoms with Crippen molar-refractivity contribution in [3.8, 4) is 11.5 Å². The molecule has 0 spiro atoms. The Balaban J connectivity index is 1.92. The van der Waals surface area contributed by atoms with Gasteiger partial charge in [-0.15, -0.1) is 0 Å². The molecule has 1 aromatic heterocycles. The zero-order valence-corrected chi connectivity index (χ0v) is 12.3. The van der Waals surface area contributed by atoms with Crippen LogP contribution >= 0.6 is 11.3 Å². The van der Waals surface area contributed by atoms with Gasteiger partial charge in [0.15, 0.2) is 11.5 Å². The monoisotopic (exact) mass is 291 g/mol. The first-order valence-electron chi connectivity index (χ1n) is 6.21. The van der Waals surface area contributed by atoms with E-state index in [0.29, 0.717) is 24.5 Å². The molecule has 0 fully saturated rings. The Bertz CT molecular complexity index is 567. The van der Waals surface area contributed by atoms with Crippen molar-refractivity contribution >= 4 is 17.2 Å². The van der Waals surface area contributed by atoms with Crippen LogP contribution in [0.15, 0.2) is 35.0 Å². The van der Waals surface area contributed by atoms with E-state index < -0.39 is 0 Å². The molecule has 1 N–H and O–H groups in total. The van der Waals surface area contributed by atoms with Crippen molar-refractivity contribution in [1.29, 1.82) is 0 Å². The molecule has 106 valence electrons. The predicted octanol–water partition coefficient (Wildman–Crippen LogP) is 2.62. The van der Waals surface area contributed by atoms with Crippen molar-refractivity contribution in [2.24, 2.45) is 0 Å². The SMILES string of the molecule is COc1ccc(CNC(=O)Cc2ccsc2)cc1OC. The van der Waals surface area contributed by atoms with E-state index in [-0.39, 0.29) is 5.91 Å². The summed E-state index contributed by atoms with van der Waals surface area (Å²) in [6, 6.07) is 7.57. The quantitative estimate of drug-likeness (QED) is 0.890. The van der Waals surface area contributed by atoms with Crippen molar-refractivity contribution in [3.05, 3.63) is 46.2 Å². The highest BCUT2D eigenvalue weighted by Crippen LogP contribution is 2.27. The van der Waals surface area contributed by atoms with Gasteiger partial charge in [-0.2, -0.15) is 11.3 Å². The lowest BCUT2D eigenvalue weighted by Gasteiger charge is -2.10. The average Bonchev–Trinajstić information content (AvgIpc) is 2.97. The molecule has 0 atom stereocenters. The van der Waals surface area contributed by atoms with Gasteiger partial charge in [0.25, 0.3) is 0 Å². The molecule has 0 saturated heterocycles. The summed E-state index contributed by atoms with van der Waals surface area (Å²) in [6.45, 7) is 0.476. The van der Waals surface area contributed by atoms with E-state index in [9.17, 15) is 4.79 Å². The summed E-state index contributed by atoms with van der Waals surface area (Å²) in [6.07, 6.45) is 0.413. The smallest absolute Gasteiger partial charge is 0.224 e. The average molecular weight is 291 g/mol. The number of rotatable bonds is 6. The van der Waals surface area contributed by atoms with Crippen LogP contribution in [-0.4, -0.2) is 20.1 Å². The van der Waals surface area contributed by atoms with E-state index in [0.717, 1.165) is 11.1 Å². The molecule has 20 heavy (non-hydrogen) atoms. The maximum atomic E-state index is 11.8. The van der Waals surface area contributed by atoms with Crippen molar-refractivity contribution < 1.29 is 14.3 Å². The Kier molecular flexibility index (Phi) is 5.01. The molecule has 0 radical (unpaired) electrons. The van der Waals surface area contributed by atoms with Gasteiger partial charge in [-0.25, -0.2) is 0 Å². The first kappa shape index (κ1) is 14.4. The highest BCUT2D eigenvalue weighted by atomic mass is 32.1. The lowest BCUT2D eigenvalue weighted by atomic mass is 10.2. The highest BCUT2D eigenvalue weighted by Gasteiger charge is 2.07. The van der Waals surface area contributed by atoms with Gasteiger partial charge in [-0.1, -0.05) is 6.07 Å². The topological polar surface area (TPSA) is 47.6 Å². The zero-order valence-electron chi connectivity index (χ0n) is 11.5. The van der Waals surface area contributed by atoms with Gasteiger partial charge in [0.1, 0.15) is 0 Å². The number of nitrogens with one attached hydrogen (secondary N) is 1. The summed E-state index contributed by atoms with van der Waals surface area (Å²) < 4.78 is 10.4. The predicted molar refractivity (Wildman–Crippen MR) is 79.4 cm³/mol. The van der Waals surface area contributed by atoms with E-state index >= 15 is 0 Å². The number of carbonyl (C=O) groups excluding carboxylic acids is 1. The Morgan fingerprint density at radius 1 is 1.15 bits per heavy atom. The zero-order chi connectivity index (χ0) is 14.4. The molecule has 1 amide bonds. The second-order valence-electron chi connectivity index (χ2n) is 4.27. The third kappa shape index (κ3) is 3.74. The minimum Gasteiger partial charge on any atom is -0.493 e. The van der Waals surface area contributed by atoms with Crippen LogP contribution in [0.25, 0.3) is 0 Å². The van der Waals surface area contributed by atoms with Gasteiger partial charge in [-0.3, -0.25) is 4.79 Å². The normalized spacial score (nSPS) is 10.1. The summed E-state index contributed by atoms with van der Waals surface area (Å²) in [4.78, 5) is 11.8. The summed E-state index contributed by atoms with van der Waals surface area (Å²) in [5.41, 5.74) is 2.01. The van der Waals surface area contributed by atoms with Gasteiger partial charge in [0.2, 0.25) is 5.91 Å². The molecule has 0 saturated carbocycles. The molecule has 2 rings (SSSR count). The fraction of sp³-hybridized carbons (Fsp3) is 0.267. The lowest BCUT2D eigenvalue weighted by Crippen LogP contribution is -2.24. The van der Waals surface area contributed by atoms with Gasteiger partial charge in [0, 0.05) is 6.54 Å². The van der Waals surface area contributed by atoms with Gasteiger partial charge >= 0.3 is 0 Å². The minimum absolute atomic E-state index is 0.0122. The molecule has 0 aliphatic heterocycles. The summed E-state index contributed by atoms with van der Waals surface area (Å²) in [5, 5.41) is 6.85. The van der Waals surface area contributed by atoms with E-state index in [1.54, 1.807) is 25.6 Å². The second kappa shape index (κ2) is 6.96. The second-order valence-corrected chi connectivity index (χ2v) is 5.05. The van der Waals surface area contributed by atoms with Gasteiger partial charge in [0.05, 0.1) is 20.6 Å². The molecule has 0 bridgehead atoms. The molecule has 1 heterocycles. The number of benzene rings is 1. The standard InChI is InChI=1S/C15H17NO3S/c1-18-13-4-3-11(7-14(13)19-2)9-16-15(17)8-12-5-6-20-10-12/h3-7,10H,8-9H2,1-2H3,(H,16,17). The van der Waals surface area contributed by atoms with Crippen molar-refractivity contribution in [2.75, 3.05) is 14.2 Å². The Morgan fingerprint density at radius 3 is 2.60 bits per heavy atom. The first-order chi connectivity index (χ1) is 9.72. The van der Waals surface area contributed by atoms with Crippen molar-refractivity contribution in [2.45, 2.75) is 13.0 Å². The molecule has 0 aliphatic rings. The van der Waals surface area contributed by atoms with E-state index in [2.05, 4.69) is 5.32 Å². The van der Waals surface area contributed by atoms with Gasteiger partial charge in [-0.05, 0) is 40.1 Å². The molecule has 0 unspecified atom stereocenters. The molecular weight excluding hydrogens is 274 g/mol. The maximum Gasteiger partial charge on any atom is 0.224 e. The number of amides is 1. The maximum absolute atomic E-state index is 11.8. The molecule has 2 aromatic rings. The first-order valence-corrected chi connectivity index (χ1v) is 7.16. The Hall–Kier alpha value is -2.01. The molecule has 4 nitrogen and oxygen atoms in total. The summed E-state index contributed by atoms with van der Waals surface area (Å²) in [7, 11) is 3.19. The number of ether oxygens (including phenoxy) is 2. The molecule has 5 heteroatoms. The van der Waals surface area contributed by atoms with Crippen LogP contribution in [0, 0.1) is 0 Å². The van der Waals surface area contributed by atoms with Crippen LogP contribution in [0.2, 0.25) is 0 Å². The lowest BCUT2D eigenvalue weighted by molar-refractivity contribution is -0.120. The minimum atomic E-state index is 0.0122. The highest BCUT2D eigenvalue weighted by molar-refractivity contribution is 7.07. The number of carbonyl (C=O) groups is 1. The largest absolute Gasteiger partial charge is 0.493 e. The molecule has 0 aliphatic carbocycles. The van der Waals surface area contributed by atoms with E-state index in [1.165, 1.54) is 0 Å².